The van der Waals surface area contributed by atoms with Crippen molar-refractivity contribution in [1.29, 1.82) is 0 Å². The monoisotopic (exact) mass is 307 g/mol. The molecule has 7 nitrogen and oxygen atoms in total. The van der Waals surface area contributed by atoms with E-state index in [-0.39, 0.29) is 5.69 Å². The number of halogens is 2. The number of nitrogens with two attached hydrogens (primary N) is 2. The van der Waals surface area contributed by atoms with Crippen molar-refractivity contribution in [2.75, 3.05) is 5.73 Å². The van der Waals surface area contributed by atoms with Crippen LogP contribution in [0.15, 0.2) is 17.0 Å². The van der Waals surface area contributed by atoms with Gasteiger partial charge in [-0.2, -0.15) is 0 Å². The molecule has 1 rings (SSSR count). The molecule has 0 spiro atoms. The molecule has 3 amide bonds. The molecular weight excluding hydrogens is 296 g/mol. The van der Waals surface area contributed by atoms with Crippen molar-refractivity contribution < 1.29 is 26.8 Å². The van der Waals surface area contributed by atoms with Crippen molar-refractivity contribution >= 4 is 27.5 Å². The second-order valence-electron chi connectivity index (χ2n) is 3.85. The standard InChI is InChI=1S/C10H11F2N3O4S/c1-4(9(16)15-10(14)17)20(18,19)8-6(11)2-5(13)3-7(8)12/h2-4H,13H2,1H3,(H3,14,15,16,17). The molecule has 0 radical (unpaired) electrons. The van der Waals surface area contributed by atoms with E-state index in [1.807, 2.05) is 0 Å². The summed E-state index contributed by atoms with van der Waals surface area (Å²) in [6, 6.07) is -0.0705. The molecule has 1 atom stereocenters. The first kappa shape index (κ1) is 15.8. The van der Waals surface area contributed by atoms with Gasteiger partial charge < -0.3 is 11.5 Å². The van der Waals surface area contributed by atoms with Gasteiger partial charge in [0.15, 0.2) is 9.84 Å². The van der Waals surface area contributed by atoms with Crippen LogP contribution < -0.4 is 16.8 Å². The molecule has 0 aliphatic carbocycles. The molecule has 1 aromatic carbocycles. The van der Waals surface area contributed by atoms with Gasteiger partial charge in [-0.1, -0.05) is 0 Å². The Morgan fingerprint density at radius 1 is 1.25 bits per heavy atom. The van der Waals surface area contributed by atoms with E-state index in [0.717, 1.165) is 6.92 Å². The number of urea groups is 1. The van der Waals surface area contributed by atoms with E-state index in [2.05, 4.69) is 5.73 Å². The zero-order valence-corrected chi connectivity index (χ0v) is 11.0. The predicted octanol–water partition coefficient (Wildman–Crippen LogP) is -0.0959. The lowest BCUT2D eigenvalue weighted by Gasteiger charge is -2.13. The predicted molar refractivity (Wildman–Crippen MR) is 65.1 cm³/mol. The van der Waals surface area contributed by atoms with E-state index < -0.39 is 43.6 Å². The van der Waals surface area contributed by atoms with Crippen molar-refractivity contribution in [2.24, 2.45) is 5.73 Å². The summed E-state index contributed by atoms with van der Waals surface area (Å²) in [4.78, 5) is 20.6. The summed E-state index contributed by atoms with van der Waals surface area (Å²) in [6.07, 6.45) is 0. The van der Waals surface area contributed by atoms with Gasteiger partial charge in [0.2, 0.25) is 5.91 Å². The van der Waals surface area contributed by atoms with Gasteiger partial charge in [0.1, 0.15) is 21.8 Å². The highest BCUT2D eigenvalue weighted by molar-refractivity contribution is 7.92. The Kier molecular flexibility index (Phi) is 4.28. The number of anilines is 1. The maximum Gasteiger partial charge on any atom is 0.318 e. The maximum atomic E-state index is 13.6. The molecule has 0 aliphatic heterocycles. The molecule has 0 aliphatic rings. The number of nitrogens with one attached hydrogen (secondary N) is 1. The first-order chi connectivity index (χ1) is 9.07. The molecule has 0 aromatic heterocycles. The third-order valence-corrected chi connectivity index (χ3v) is 4.49. The lowest BCUT2D eigenvalue weighted by molar-refractivity contribution is -0.119. The van der Waals surface area contributed by atoms with Crippen LogP contribution in [0.4, 0.5) is 19.3 Å². The lowest BCUT2D eigenvalue weighted by Crippen LogP contribution is -2.43. The van der Waals surface area contributed by atoms with E-state index in [1.54, 1.807) is 0 Å². The molecule has 1 unspecified atom stereocenters. The number of rotatable bonds is 3. The second-order valence-corrected chi connectivity index (χ2v) is 6.06. The average Bonchev–Trinajstić information content (AvgIpc) is 2.24. The Morgan fingerprint density at radius 3 is 2.10 bits per heavy atom. The van der Waals surface area contributed by atoms with Crippen LogP contribution in [0.5, 0.6) is 0 Å². The Bertz CT molecular complexity index is 652. The molecule has 10 heteroatoms. The van der Waals surface area contributed by atoms with Gasteiger partial charge in [-0.05, 0) is 19.1 Å². The largest absolute Gasteiger partial charge is 0.399 e. The van der Waals surface area contributed by atoms with Crippen LogP contribution in [0.2, 0.25) is 0 Å². The number of amides is 3. The number of benzene rings is 1. The number of sulfone groups is 1. The molecule has 20 heavy (non-hydrogen) atoms. The number of hydrogen-bond donors (Lipinski definition) is 3. The van der Waals surface area contributed by atoms with E-state index >= 15 is 0 Å². The zero-order valence-electron chi connectivity index (χ0n) is 10.2. The number of nitrogen functional groups attached to an aromatic ring is 1. The molecule has 5 N–H and O–H groups in total. The highest BCUT2D eigenvalue weighted by atomic mass is 32.2. The molecule has 0 fully saturated rings. The van der Waals surface area contributed by atoms with Gasteiger partial charge in [-0.15, -0.1) is 0 Å². The van der Waals surface area contributed by atoms with Crippen LogP contribution in [0.1, 0.15) is 6.92 Å². The molecule has 0 heterocycles. The zero-order chi connectivity index (χ0) is 15.7. The average molecular weight is 307 g/mol. The van der Waals surface area contributed by atoms with E-state index in [1.165, 1.54) is 5.32 Å². The molecule has 1 aromatic rings. The highest BCUT2D eigenvalue weighted by Crippen LogP contribution is 2.25. The highest BCUT2D eigenvalue weighted by Gasteiger charge is 2.35. The molecule has 0 saturated heterocycles. The fourth-order valence-electron chi connectivity index (χ4n) is 1.39. The molecule has 0 bridgehead atoms. The number of primary amides is 1. The maximum absolute atomic E-state index is 13.6. The van der Waals surface area contributed by atoms with Crippen molar-refractivity contribution in [2.45, 2.75) is 17.1 Å². The number of carbonyl (C=O) groups excluding carboxylic acids is 2. The summed E-state index contributed by atoms with van der Waals surface area (Å²) in [6.45, 7) is 0.864. The second kappa shape index (κ2) is 5.41. The van der Waals surface area contributed by atoms with Gasteiger partial charge >= 0.3 is 6.03 Å². The summed E-state index contributed by atoms with van der Waals surface area (Å²) in [7, 11) is -4.69. The van der Waals surface area contributed by atoms with Crippen LogP contribution >= 0.6 is 0 Å². The van der Waals surface area contributed by atoms with E-state index in [9.17, 15) is 26.8 Å². The Hall–Kier alpha value is -2.23. The SMILES string of the molecule is CC(C(=O)NC(N)=O)S(=O)(=O)c1c(F)cc(N)cc1F. The Morgan fingerprint density at radius 2 is 1.70 bits per heavy atom. The minimum absolute atomic E-state index is 0.312. The summed E-state index contributed by atoms with van der Waals surface area (Å²) >= 11 is 0. The Labute approximate surface area is 112 Å². The van der Waals surface area contributed by atoms with Gasteiger partial charge in [0, 0.05) is 5.69 Å². The van der Waals surface area contributed by atoms with Crippen molar-refractivity contribution in [3.05, 3.63) is 23.8 Å². The van der Waals surface area contributed by atoms with Crippen LogP contribution in [0.25, 0.3) is 0 Å². The first-order valence-corrected chi connectivity index (χ1v) is 6.70. The van der Waals surface area contributed by atoms with Crippen molar-refractivity contribution in [3.63, 3.8) is 0 Å². The molecule has 0 saturated carbocycles. The minimum atomic E-state index is -4.69. The smallest absolute Gasteiger partial charge is 0.318 e. The Balaban J connectivity index is 3.31. The third-order valence-electron chi connectivity index (χ3n) is 2.39. The fraction of sp³-hybridized carbons (Fsp3) is 0.200. The van der Waals surface area contributed by atoms with E-state index in [0.29, 0.717) is 12.1 Å². The third kappa shape index (κ3) is 3.02. The van der Waals surface area contributed by atoms with Crippen LogP contribution in [-0.2, 0) is 14.6 Å². The number of carbonyl (C=O) groups is 2. The van der Waals surface area contributed by atoms with Crippen LogP contribution in [0.3, 0.4) is 0 Å². The van der Waals surface area contributed by atoms with E-state index in [4.69, 9.17) is 5.73 Å². The van der Waals surface area contributed by atoms with Crippen LogP contribution in [-0.4, -0.2) is 25.6 Å². The quantitative estimate of drug-likeness (QED) is 0.671. The number of hydrogen-bond acceptors (Lipinski definition) is 5. The molecule has 110 valence electrons. The van der Waals surface area contributed by atoms with Gasteiger partial charge in [0.05, 0.1) is 0 Å². The summed E-state index contributed by atoms with van der Waals surface area (Å²) < 4.78 is 51.1. The normalized spacial score (nSPS) is 12.8. The topological polar surface area (TPSA) is 132 Å². The van der Waals surface area contributed by atoms with Gasteiger partial charge in [-0.3, -0.25) is 10.1 Å². The van der Waals surface area contributed by atoms with Crippen molar-refractivity contribution in [1.82, 2.24) is 5.32 Å². The first-order valence-electron chi connectivity index (χ1n) is 5.16. The van der Waals surface area contributed by atoms with Gasteiger partial charge in [-0.25, -0.2) is 22.0 Å². The summed E-state index contributed by atoms with van der Waals surface area (Å²) in [5, 5.41) is -0.394. The summed E-state index contributed by atoms with van der Waals surface area (Å²) in [5.74, 6) is -4.16. The number of imide groups is 1. The van der Waals surface area contributed by atoms with Crippen molar-refractivity contribution in [3.8, 4) is 0 Å². The molecular formula is C10H11F2N3O4S. The lowest BCUT2D eigenvalue weighted by atomic mass is 10.3. The fourth-order valence-corrected chi connectivity index (χ4v) is 2.75. The van der Waals surface area contributed by atoms with Crippen LogP contribution in [0, 0.1) is 11.6 Å². The minimum Gasteiger partial charge on any atom is -0.399 e. The summed E-state index contributed by atoms with van der Waals surface area (Å²) in [5.41, 5.74) is 9.51. The van der Waals surface area contributed by atoms with Gasteiger partial charge in [0.25, 0.3) is 0 Å².